The standard InChI is InChI=1S/C24H30N2O2/c1-3-25(4-2)23(27)20-14-16-26(17-15-20)24(28)22-13-9-8-12-21(22)18-19-10-6-5-7-11-19/h5-13,20H,3-4,14-18H2,1-2H3. The summed E-state index contributed by atoms with van der Waals surface area (Å²) in [6.07, 6.45) is 2.25. The first-order valence-corrected chi connectivity index (χ1v) is 10.3. The van der Waals surface area contributed by atoms with Gasteiger partial charge in [0.25, 0.3) is 5.91 Å². The molecule has 28 heavy (non-hydrogen) atoms. The minimum atomic E-state index is 0.0449. The van der Waals surface area contributed by atoms with Crippen LogP contribution in [0.5, 0.6) is 0 Å². The first kappa shape index (κ1) is 20.1. The van der Waals surface area contributed by atoms with E-state index in [9.17, 15) is 9.59 Å². The summed E-state index contributed by atoms with van der Waals surface area (Å²) < 4.78 is 0. The van der Waals surface area contributed by atoms with Gasteiger partial charge in [0.2, 0.25) is 5.91 Å². The largest absolute Gasteiger partial charge is 0.343 e. The van der Waals surface area contributed by atoms with Gasteiger partial charge >= 0.3 is 0 Å². The third-order valence-electron chi connectivity index (χ3n) is 5.69. The third kappa shape index (κ3) is 4.61. The van der Waals surface area contributed by atoms with Gasteiger partial charge < -0.3 is 9.80 Å². The fraction of sp³-hybridized carbons (Fsp3) is 0.417. The summed E-state index contributed by atoms with van der Waals surface area (Å²) in [4.78, 5) is 29.6. The van der Waals surface area contributed by atoms with Gasteiger partial charge in [-0.1, -0.05) is 48.5 Å². The number of hydrogen-bond donors (Lipinski definition) is 0. The number of benzene rings is 2. The zero-order valence-corrected chi connectivity index (χ0v) is 16.9. The summed E-state index contributed by atoms with van der Waals surface area (Å²) in [5, 5.41) is 0. The summed E-state index contributed by atoms with van der Waals surface area (Å²) in [6, 6.07) is 18.1. The van der Waals surface area contributed by atoms with E-state index in [1.165, 1.54) is 5.56 Å². The summed E-state index contributed by atoms with van der Waals surface area (Å²) in [7, 11) is 0. The van der Waals surface area contributed by atoms with Gasteiger partial charge in [-0.05, 0) is 50.3 Å². The van der Waals surface area contributed by atoms with Crippen molar-refractivity contribution < 1.29 is 9.59 Å². The van der Waals surface area contributed by atoms with E-state index in [0.717, 1.165) is 43.5 Å². The van der Waals surface area contributed by atoms with Crippen molar-refractivity contribution in [3.05, 3.63) is 71.3 Å². The van der Waals surface area contributed by atoms with Crippen LogP contribution in [0.2, 0.25) is 0 Å². The highest BCUT2D eigenvalue weighted by Gasteiger charge is 2.30. The molecule has 1 heterocycles. The Hall–Kier alpha value is -2.62. The van der Waals surface area contributed by atoms with Crippen molar-refractivity contribution in [2.45, 2.75) is 33.1 Å². The highest BCUT2D eigenvalue weighted by molar-refractivity contribution is 5.96. The van der Waals surface area contributed by atoms with Gasteiger partial charge in [-0.2, -0.15) is 0 Å². The fourth-order valence-corrected chi connectivity index (χ4v) is 3.99. The topological polar surface area (TPSA) is 40.6 Å². The molecule has 0 radical (unpaired) electrons. The predicted molar refractivity (Wildman–Crippen MR) is 112 cm³/mol. The lowest BCUT2D eigenvalue weighted by Gasteiger charge is -2.34. The summed E-state index contributed by atoms with van der Waals surface area (Å²) >= 11 is 0. The van der Waals surface area contributed by atoms with Crippen molar-refractivity contribution >= 4 is 11.8 Å². The van der Waals surface area contributed by atoms with E-state index in [1.807, 2.05) is 66.1 Å². The van der Waals surface area contributed by atoms with E-state index < -0.39 is 0 Å². The zero-order valence-electron chi connectivity index (χ0n) is 16.9. The van der Waals surface area contributed by atoms with Crippen molar-refractivity contribution in [2.75, 3.05) is 26.2 Å². The molecule has 2 aromatic rings. The molecule has 4 heteroatoms. The Morgan fingerprint density at radius 3 is 2.18 bits per heavy atom. The molecular formula is C24H30N2O2. The number of hydrogen-bond acceptors (Lipinski definition) is 2. The first-order valence-electron chi connectivity index (χ1n) is 10.3. The van der Waals surface area contributed by atoms with Crippen LogP contribution in [0.15, 0.2) is 54.6 Å². The van der Waals surface area contributed by atoms with Gasteiger partial charge in [-0.25, -0.2) is 0 Å². The second kappa shape index (κ2) is 9.54. The fourth-order valence-electron chi connectivity index (χ4n) is 3.99. The third-order valence-corrected chi connectivity index (χ3v) is 5.69. The van der Waals surface area contributed by atoms with Gasteiger partial charge in [0.15, 0.2) is 0 Å². The Balaban J connectivity index is 1.67. The van der Waals surface area contributed by atoms with Crippen molar-refractivity contribution in [1.29, 1.82) is 0 Å². The summed E-state index contributed by atoms with van der Waals surface area (Å²) in [5.74, 6) is 0.366. The molecule has 1 fully saturated rings. The van der Waals surface area contributed by atoms with Gasteiger partial charge in [-0.3, -0.25) is 9.59 Å². The minimum absolute atomic E-state index is 0.0449. The Morgan fingerprint density at radius 1 is 0.929 bits per heavy atom. The molecule has 0 saturated carbocycles. The normalized spacial score (nSPS) is 14.7. The van der Waals surface area contributed by atoms with E-state index in [2.05, 4.69) is 12.1 Å². The molecule has 0 bridgehead atoms. The van der Waals surface area contributed by atoms with E-state index in [1.54, 1.807) is 0 Å². The molecule has 0 N–H and O–H groups in total. The molecule has 0 spiro atoms. The highest BCUT2D eigenvalue weighted by Crippen LogP contribution is 2.23. The van der Waals surface area contributed by atoms with Gasteiger partial charge in [0.05, 0.1) is 0 Å². The molecular weight excluding hydrogens is 348 g/mol. The molecule has 3 rings (SSSR count). The Bertz CT molecular complexity index is 791. The molecule has 2 amide bonds. The second-order valence-corrected chi connectivity index (χ2v) is 7.40. The number of amides is 2. The molecule has 0 aliphatic carbocycles. The highest BCUT2D eigenvalue weighted by atomic mass is 16.2. The maximum atomic E-state index is 13.2. The lowest BCUT2D eigenvalue weighted by atomic mass is 9.93. The van der Waals surface area contributed by atoms with Gasteiger partial charge in [0.1, 0.15) is 0 Å². The van der Waals surface area contributed by atoms with Gasteiger partial charge in [-0.15, -0.1) is 0 Å². The van der Waals surface area contributed by atoms with Crippen LogP contribution in [0.1, 0.15) is 48.2 Å². The molecule has 1 aliphatic heterocycles. The lowest BCUT2D eigenvalue weighted by Crippen LogP contribution is -2.44. The number of nitrogens with zero attached hydrogens (tertiary/aromatic N) is 2. The van der Waals surface area contributed by atoms with Crippen LogP contribution in [0, 0.1) is 5.92 Å². The maximum Gasteiger partial charge on any atom is 0.254 e. The Kier molecular flexibility index (Phi) is 6.85. The molecule has 1 saturated heterocycles. The number of likely N-dealkylation sites (tertiary alicyclic amines) is 1. The summed E-state index contributed by atoms with van der Waals surface area (Å²) in [6.45, 7) is 6.84. The molecule has 0 aromatic heterocycles. The van der Waals surface area contributed by atoms with Crippen LogP contribution in [-0.2, 0) is 11.2 Å². The SMILES string of the molecule is CCN(CC)C(=O)C1CCN(C(=O)c2ccccc2Cc2ccccc2)CC1. The van der Waals surface area contributed by atoms with Gasteiger partial charge in [0, 0.05) is 37.7 Å². The summed E-state index contributed by atoms with van der Waals surface area (Å²) in [5.41, 5.74) is 3.03. The van der Waals surface area contributed by atoms with Crippen LogP contribution in [-0.4, -0.2) is 47.8 Å². The second-order valence-electron chi connectivity index (χ2n) is 7.40. The van der Waals surface area contributed by atoms with Crippen LogP contribution in [0.25, 0.3) is 0 Å². The first-order chi connectivity index (χ1) is 13.6. The number of rotatable bonds is 6. The van der Waals surface area contributed by atoms with Crippen molar-refractivity contribution in [3.8, 4) is 0 Å². The monoisotopic (exact) mass is 378 g/mol. The number of piperidine rings is 1. The molecule has 0 unspecified atom stereocenters. The van der Waals surface area contributed by atoms with Crippen molar-refractivity contribution in [1.82, 2.24) is 9.80 Å². The number of carbonyl (C=O) groups is 2. The molecule has 148 valence electrons. The van der Waals surface area contributed by atoms with Crippen molar-refractivity contribution in [3.63, 3.8) is 0 Å². The van der Waals surface area contributed by atoms with Crippen LogP contribution in [0.4, 0.5) is 0 Å². The van der Waals surface area contributed by atoms with E-state index in [0.29, 0.717) is 13.1 Å². The Morgan fingerprint density at radius 2 is 1.54 bits per heavy atom. The molecule has 1 aliphatic rings. The van der Waals surface area contributed by atoms with E-state index >= 15 is 0 Å². The van der Waals surface area contributed by atoms with E-state index in [-0.39, 0.29) is 17.7 Å². The average molecular weight is 379 g/mol. The smallest absolute Gasteiger partial charge is 0.254 e. The molecule has 2 aromatic carbocycles. The van der Waals surface area contributed by atoms with Crippen LogP contribution < -0.4 is 0 Å². The molecule has 4 nitrogen and oxygen atoms in total. The Labute approximate surface area is 168 Å². The van der Waals surface area contributed by atoms with Crippen LogP contribution >= 0.6 is 0 Å². The van der Waals surface area contributed by atoms with Crippen molar-refractivity contribution in [2.24, 2.45) is 5.92 Å². The molecule has 0 atom stereocenters. The van der Waals surface area contributed by atoms with E-state index in [4.69, 9.17) is 0 Å². The number of carbonyl (C=O) groups excluding carboxylic acids is 2. The zero-order chi connectivity index (χ0) is 19.9. The minimum Gasteiger partial charge on any atom is -0.343 e. The maximum absolute atomic E-state index is 13.2. The van der Waals surface area contributed by atoms with Crippen LogP contribution in [0.3, 0.4) is 0 Å². The predicted octanol–water partition coefficient (Wildman–Crippen LogP) is 4.00. The lowest BCUT2D eigenvalue weighted by molar-refractivity contribution is -0.136. The average Bonchev–Trinajstić information content (AvgIpc) is 2.75. The quantitative estimate of drug-likeness (QED) is 0.762.